The molecule has 0 aromatic rings. The highest BCUT2D eigenvalue weighted by molar-refractivity contribution is 5.82. The topological polar surface area (TPSA) is 26.3 Å². The molecule has 0 saturated heterocycles. The van der Waals surface area contributed by atoms with Gasteiger partial charge in [-0.05, 0) is 33.1 Å². The molecule has 0 saturated carbocycles. The van der Waals surface area contributed by atoms with Crippen molar-refractivity contribution in [3.8, 4) is 0 Å². The van der Waals surface area contributed by atoms with Gasteiger partial charge in [-0.2, -0.15) is 0 Å². The molecule has 1 atom stereocenters. The molecule has 0 N–H and O–H groups in total. The maximum atomic E-state index is 10.9. The highest BCUT2D eigenvalue weighted by Crippen LogP contribution is 2.12. The zero-order valence-electron chi connectivity index (χ0n) is 14.4. The molecule has 0 amide bonds. The van der Waals surface area contributed by atoms with E-state index in [1.165, 1.54) is 24.3 Å². The summed E-state index contributed by atoms with van der Waals surface area (Å²) < 4.78 is 4.52. The highest BCUT2D eigenvalue weighted by atomic mass is 16.5. The van der Waals surface area contributed by atoms with Crippen LogP contribution in [0.1, 0.15) is 34.1 Å². The molecule has 0 spiro atoms. The number of rotatable bonds is 8. The fraction of sp³-hybridized carbons (Fsp3) is 0.350. The first kappa shape index (κ1) is 19.9. The van der Waals surface area contributed by atoms with Crippen molar-refractivity contribution in [3.63, 3.8) is 0 Å². The van der Waals surface area contributed by atoms with Gasteiger partial charge in [0.05, 0.1) is 7.11 Å². The number of methoxy groups -OCH3 is 1. The number of esters is 1. The SMILES string of the molecule is C=C/C(C)=C/C[C@H](C)/C=C(C)/C=C(C)\C=C\C=C\C(=O)OC. The summed E-state index contributed by atoms with van der Waals surface area (Å²) in [5.41, 5.74) is 3.58. The van der Waals surface area contributed by atoms with Crippen molar-refractivity contribution in [1.29, 1.82) is 0 Å². The molecule has 0 heterocycles. The number of ether oxygens (including phenoxy) is 1. The van der Waals surface area contributed by atoms with Crippen LogP contribution in [0, 0.1) is 5.92 Å². The zero-order valence-corrected chi connectivity index (χ0v) is 14.4. The molecular weight excluding hydrogens is 272 g/mol. The van der Waals surface area contributed by atoms with Gasteiger partial charge in [0.15, 0.2) is 0 Å². The largest absolute Gasteiger partial charge is 0.466 e. The lowest BCUT2D eigenvalue weighted by molar-refractivity contribution is -0.134. The summed E-state index contributed by atoms with van der Waals surface area (Å²) in [7, 11) is 1.36. The van der Waals surface area contributed by atoms with Gasteiger partial charge < -0.3 is 4.74 Å². The van der Waals surface area contributed by atoms with E-state index in [1.54, 1.807) is 6.08 Å². The normalized spacial score (nSPS) is 15.4. The molecule has 0 aromatic heterocycles. The number of allylic oxidation sites excluding steroid dienone is 10. The van der Waals surface area contributed by atoms with Gasteiger partial charge in [-0.15, -0.1) is 0 Å². The van der Waals surface area contributed by atoms with Crippen LogP contribution in [-0.4, -0.2) is 13.1 Å². The Labute approximate surface area is 135 Å². The van der Waals surface area contributed by atoms with E-state index in [2.05, 4.69) is 50.3 Å². The van der Waals surface area contributed by atoms with Crippen LogP contribution in [0.5, 0.6) is 0 Å². The van der Waals surface area contributed by atoms with E-state index in [0.717, 1.165) is 12.0 Å². The first-order valence-corrected chi connectivity index (χ1v) is 7.47. The third-order valence-corrected chi connectivity index (χ3v) is 3.04. The maximum absolute atomic E-state index is 10.9. The van der Waals surface area contributed by atoms with Crippen LogP contribution in [-0.2, 0) is 9.53 Å². The van der Waals surface area contributed by atoms with Crippen molar-refractivity contribution in [1.82, 2.24) is 0 Å². The fourth-order valence-corrected chi connectivity index (χ4v) is 1.84. The number of hydrogen-bond donors (Lipinski definition) is 0. The number of carbonyl (C=O) groups is 1. The van der Waals surface area contributed by atoms with Crippen molar-refractivity contribution < 1.29 is 9.53 Å². The molecule has 0 fully saturated rings. The molecule has 0 rings (SSSR count). The maximum Gasteiger partial charge on any atom is 0.330 e. The fourth-order valence-electron chi connectivity index (χ4n) is 1.84. The van der Waals surface area contributed by atoms with E-state index in [0.29, 0.717) is 5.92 Å². The van der Waals surface area contributed by atoms with Gasteiger partial charge in [-0.3, -0.25) is 0 Å². The van der Waals surface area contributed by atoms with Gasteiger partial charge in [0.25, 0.3) is 0 Å². The smallest absolute Gasteiger partial charge is 0.330 e. The first-order chi connectivity index (χ1) is 10.4. The molecule has 2 nitrogen and oxygen atoms in total. The molecule has 120 valence electrons. The van der Waals surface area contributed by atoms with Gasteiger partial charge in [0, 0.05) is 6.08 Å². The Kier molecular flexibility index (Phi) is 10.5. The van der Waals surface area contributed by atoms with Gasteiger partial charge in [-0.25, -0.2) is 4.79 Å². The molecule has 0 aliphatic carbocycles. The minimum absolute atomic E-state index is 0.348. The summed E-state index contributed by atoms with van der Waals surface area (Å²) in [4.78, 5) is 10.9. The quantitative estimate of drug-likeness (QED) is 0.344. The summed E-state index contributed by atoms with van der Waals surface area (Å²) in [6.07, 6.45) is 16.3. The minimum Gasteiger partial charge on any atom is -0.466 e. The molecular formula is C20H28O2. The molecule has 0 bridgehead atoms. The Hall–Kier alpha value is -2.09. The number of hydrogen-bond acceptors (Lipinski definition) is 2. The standard InChI is InChI=1S/C20H28O2/c1-7-16(2)12-13-18(4)15-19(5)14-17(3)10-8-9-11-20(21)22-6/h7-12,14-15,18H,1,13H2,2-6H3/b10-8+,11-9+,16-12+,17-14-,19-15+/t18-/m0/s1. The van der Waals surface area contributed by atoms with Crippen LogP contribution < -0.4 is 0 Å². The van der Waals surface area contributed by atoms with E-state index in [-0.39, 0.29) is 5.97 Å². The second-order valence-electron chi connectivity index (χ2n) is 5.41. The predicted octanol–water partition coefficient (Wildman–Crippen LogP) is 5.32. The third kappa shape index (κ3) is 10.7. The Morgan fingerprint density at radius 1 is 1.09 bits per heavy atom. The lowest BCUT2D eigenvalue weighted by atomic mass is 10.0. The van der Waals surface area contributed by atoms with Crippen LogP contribution >= 0.6 is 0 Å². The minimum atomic E-state index is -0.348. The summed E-state index contributed by atoms with van der Waals surface area (Å²) in [6.45, 7) is 12.2. The predicted molar refractivity (Wildman–Crippen MR) is 95.5 cm³/mol. The Morgan fingerprint density at radius 2 is 1.73 bits per heavy atom. The van der Waals surface area contributed by atoms with Crippen LogP contribution in [0.15, 0.2) is 71.9 Å². The van der Waals surface area contributed by atoms with Gasteiger partial charge in [0.1, 0.15) is 0 Å². The summed E-state index contributed by atoms with van der Waals surface area (Å²) in [5, 5.41) is 0. The lowest BCUT2D eigenvalue weighted by Crippen LogP contribution is -1.92. The second-order valence-corrected chi connectivity index (χ2v) is 5.41. The van der Waals surface area contributed by atoms with E-state index in [1.807, 2.05) is 25.2 Å². The lowest BCUT2D eigenvalue weighted by Gasteiger charge is -2.04. The molecule has 0 unspecified atom stereocenters. The Balaban J connectivity index is 4.58. The van der Waals surface area contributed by atoms with Crippen LogP contribution in [0.4, 0.5) is 0 Å². The summed E-state index contributed by atoms with van der Waals surface area (Å²) >= 11 is 0. The van der Waals surface area contributed by atoms with Crippen molar-refractivity contribution in [2.24, 2.45) is 5.92 Å². The van der Waals surface area contributed by atoms with Crippen molar-refractivity contribution in [2.45, 2.75) is 34.1 Å². The van der Waals surface area contributed by atoms with Crippen molar-refractivity contribution in [3.05, 3.63) is 71.9 Å². The summed E-state index contributed by atoms with van der Waals surface area (Å²) in [6, 6.07) is 0. The van der Waals surface area contributed by atoms with Gasteiger partial charge in [0.2, 0.25) is 0 Å². The third-order valence-electron chi connectivity index (χ3n) is 3.04. The Morgan fingerprint density at radius 3 is 2.32 bits per heavy atom. The van der Waals surface area contributed by atoms with Crippen LogP contribution in [0.2, 0.25) is 0 Å². The monoisotopic (exact) mass is 300 g/mol. The molecule has 22 heavy (non-hydrogen) atoms. The number of carbonyl (C=O) groups excluding carboxylic acids is 1. The summed E-state index contributed by atoms with van der Waals surface area (Å²) in [5.74, 6) is 0.140. The highest BCUT2D eigenvalue weighted by Gasteiger charge is 1.96. The van der Waals surface area contributed by atoms with E-state index >= 15 is 0 Å². The van der Waals surface area contributed by atoms with Crippen LogP contribution in [0.3, 0.4) is 0 Å². The first-order valence-electron chi connectivity index (χ1n) is 7.47. The van der Waals surface area contributed by atoms with E-state index in [9.17, 15) is 4.79 Å². The van der Waals surface area contributed by atoms with Crippen LogP contribution in [0.25, 0.3) is 0 Å². The van der Waals surface area contributed by atoms with Crippen molar-refractivity contribution >= 4 is 5.97 Å². The molecule has 0 aliphatic rings. The molecule has 0 aromatic carbocycles. The van der Waals surface area contributed by atoms with E-state index in [4.69, 9.17) is 0 Å². The van der Waals surface area contributed by atoms with Crippen molar-refractivity contribution in [2.75, 3.05) is 7.11 Å². The average Bonchev–Trinajstić information content (AvgIpc) is 2.48. The van der Waals surface area contributed by atoms with Gasteiger partial charge >= 0.3 is 5.97 Å². The zero-order chi connectivity index (χ0) is 17.0. The van der Waals surface area contributed by atoms with Gasteiger partial charge in [-0.1, -0.05) is 72.8 Å². The Bertz CT molecular complexity index is 514. The van der Waals surface area contributed by atoms with E-state index < -0.39 is 0 Å². The second kappa shape index (κ2) is 11.6. The molecule has 0 aliphatic heterocycles. The molecule has 2 heteroatoms. The molecule has 0 radical (unpaired) electrons. The average molecular weight is 300 g/mol.